The van der Waals surface area contributed by atoms with Gasteiger partial charge in [0.15, 0.2) is 0 Å². The average Bonchev–Trinajstić information content (AvgIpc) is 3.44. The highest BCUT2D eigenvalue weighted by atomic mass is 32.2. The van der Waals surface area contributed by atoms with Crippen LogP contribution in [0.2, 0.25) is 0 Å². The topological polar surface area (TPSA) is 134 Å². The minimum absolute atomic E-state index is 0.0660. The minimum atomic E-state index is -3.97. The highest BCUT2D eigenvalue weighted by molar-refractivity contribution is 7.92. The molecule has 2 amide bonds. The number of benzene rings is 2. The number of rotatable bonds is 8. The first-order valence-corrected chi connectivity index (χ1v) is 10.8. The van der Waals surface area contributed by atoms with E-state index in [2.05, 4.69) is 15.4 Å². The molecule has 160 valence electrons. The smallest absolute Gasteiger partial charge is 0.261 e. The van der Waals surface area contributed by atoms with Crippen LogP contribution in [-0.2, 0) is 19.6 Å². The molecule has 1 aliphatic carbocycles. The summed E-state index contributed by atoms with van der Waals surface area (Å²) < 4.78 is 32.7. The van der Waals surface area contributed by atoms with Crippen LogP contribution >= 0.6 is 0 Å². The number of carbonyl (C=O) groups is 2. The first-order valence-electron chi connectivity index (χ1n) is 9.27. The maximum absolute atomic E-state index is 12.6. The average molecular weight is 433 g/mol. The van der Waals surface area contributed by atoms with Gasteiger partial charge in [-0.1, -0.05) is 6.92 Å². The number of aromatic hydroxyl groups is 1. The van der Waals surface area contributed by atoms with Gasteiger partial charge in [0, 0.05) is 11.6 Å². The first-order chi connectivity index (χ1) is 14.2. The van der Waals surface area contributed by atoms with Crippen molar-refractivity contribution in [1.82, 2.24) is 5.32 Å². The van der Waals surface area contributed by atoms with Gasteiger partial charge in [-0.25, -0.2) is 8.42 Å². The lowest BCUT2D eigenvalue weighted by Crippen LogP contribution is -2.34. The maximum atomic E-state index is 12.6. The molecule has 1 saturated carbocycles. The Kier molecular flexibility index (Phi) is 6.16. The Balaban J connectivity index is 1.67. The molecule has 2 aromatic rings. The second-order valence-corrected chi connectivity index (χ2v) is 8.78. The summed E-state index contributed by atoms with van der Waals surface area (Å²) in [4.78, 5) is 23.7. The molecule has 9 nitrogen and oxygen atoms in total. The van der Waals surface area contributed by atoms with Crippen LogP contribution in [0.25, 0.3) is 0 Å². The Hall–Kier alpha value is -3.27. The van der Waals surface area contributed by atoms with Crippen LogP contribution in [0.3, 0.4) is 0 Å². The molecule has 1 aliphatic rings. The molecule has 3 rings (SSSR count). The SMILES string of the molecule is COc1ccc(NS(=O)(=O)c2ccc(O)c(NC(=O)CNC(=O)[C@@H]3C[C@H]3C)c2)cc1. The quantitative estimate of drug-likeness (QED) is 0.470. The molecule has 0 unspecified atom stereocenters. The third-order valence-corrected chi connectivity index (χ3v) is 6.14. The van der Waals surface area contributed by atoms with E-state index < -0.39 is 15.9 Å². The van der Waals surface area contributed by atoms with Crippen LogP contribution in [0.15, 0.2) is 47.4 Å². The van der Waals surface area contributed by atoms with E-state index in [0.717, 1.165) is 12.5 Å². The molecule has 0 radical (unpaired) electrons. The van der Waals surface area contributed by atoms with E-state index in [4.69, 9.17) is 4.74 Å². The number of methoxy groups -OCH3 is 1. The standard InChI is InChI=1S/C20H23N3O6S/c1-12-9-16(12)20(26)21-11-19(25)22-17-10-15(7-8-18(17)24)30(27,28)23-13-3-5-14(29-2)6-4-13/h3-8,10,12,16,23-24H,9,11H2,1-2H3,(H,21,26)(H,22,25)/t12-,16-/m1/s1. The maximum Gasteiger partial charge on any atom is 0.261 e. The lowest BCUT2D eigenvalue weighted by Gasteiger charge is -2.12. The van der Waals surface area contributed by atoms with Crippen molar-refractivity contribution in [2.24, 2.45) is 11.8 Å². The zero-order valence-corrected chi connectivity index (χ0v) is 17.3. The number of phenolic OH excluding ortho intramolecular Hbond substituents is 1. The highest BCUT2D eigenvalue weighted by Crippen LogP contribution is 2.37. The normalized spacial score (nSPS) is 17.7. The summed E-state index contributed by atoms with van der Waals surface area (Å²) in [6.07, 6.45) is 0.801. The van der Waals surface area contributed by atoms with Gasteiger partial charge in [0.05, 0.1) is 24.2 Å². The molecule has 1 fully saturated rings. The number of phenols is 1. The molecular formula is C20H23N3O6S. The summed E-state index contributed by atoms with van der Waals surface area (Å²) in [5.74, 6) is -0.239. The van der Waals surface area contributed by atoms with Gasteiger partial charge < -0.3 is 20.5 Å². The summed E-state index contributed by atoms with van der Waals surface area (Å²) in [5.41, 5.74) is 0.248. The summed E-state index contributed by atoms with van der Waals surface area (Å²) in [7, 11) is -2.46. The number of nitrogens with one attached hydrogen (secondary N) is 3. The molecule has 0 bridgehead atoms. The van der Waals surface area contributed by atoms with Crippen LogP contribution in [-0.4, -0.2) is 39.0 Å². The predicted molar refractivity (Wildman–Crippen MR) is 111 cm³/mol. The van der Waals surface area contributed by atoms with Gasteiger partial charge in [0.25, 0.3) is 10.0 Å². The van der Waals surface area contributed by atoms with E-state index in [1.165, 1.54) is 19.2 Å². The van der Waals surface area contributed by atoms with E-state index in [9.17, 15) is 23.1 Å². The van der Waals surface area contributed by atoms with Crippen molar-refractivity contribution in [3.63, 3.8) is 0 Å². The van der Waals surface area contributed by atoms with E-state index in [1.807, 2.05) is 6.92 Å². The summed E-state index contributed by atoms with van der Waals surface area (Å²) in [6.45, 7) is 1.68. The Bertz CT molecular complexity index is 1050. The number of anilines is 2. The van der Waals surface area contributed by atoms with Crippen LogP contribution < -0.4 is 20.1 Å². The third-order valence-electron chi connectivity index (χ3n) is 4.76. The van der Waals surface area contributed by atoms with Crippen LogP contribution in [0.4, 0.5) is 11.4 Å². The molecule has 10 heteroatoms. The van der Waals surface area contributed by atoms with Crippen molar-refractivity contribution in [3.05, 3.63) is 42.5 Å². The van der Waals surface area contributed by atoms with Crippen molar-refractivity contribution < 1.29 is 27.9 Å². The lowest BCUT2D eigenvalue weighted by atomic mass is 10.3. The van der Waals surface area contributed by atoms with E-state index in [0.29, 0.717) is 17.4 Å². The zero-order valence-electron chi connectivity index (χ0n) is 16.5. The summed E-state index contributed by atoms with van der Waals surface area (Å²) in [5, 5.41) is 14.9. The largest absolute Gasteiger partial charge is 0.506 e. The second-order valence-electron chi connectivity index (χ2n) is 7.10. The molecule has 2 aromatic carbocycles. The number of amides is 2. The molecule has 0 aliphatic heterocycles. The Morgan fingerprint density at radius 3 is 2.43 bits per heavy atom. The van der Waals surface area contributed by atoms with Crippen LogP contribution in [0.1, 0.15) is 13.3 Å². The fourth-order valence-corrected chi connectivity index (χ4v) is 3.92. The molecule has 4 N–H and O–H groups in total. The van der Waals surface area contributed by atoms with E-state index >= 15 is 0 Å². The Morgan fingerprint density at radius 2 is 1.83 bits per heavy atom. The number of hydrogen-bond acceptors (Lipinski definition) is 6. The number of hydrogen-bond donors (Lipinski definition) is 4. The molecule has 2 atom stereocenters. The van der Waals surface area contributed by atoms with Crippen LogP contribution in [0.5, 0.6) is 11.5 Å². The molecule has 0 spiro atoms. The molecular weight excluding hydrogens is 410 g/mol. The van der Waals surface area contributed by atoms with Crippen molar-refractivity contribution in [2.75, 3.05) is 23.7 Å². The molecule has 0 heterocycles. The number of carbonyl (C=O) groups excluding carboxylic acids is 2. The summed E-state index contributed by atoms with van der Waals surface area (Å²) >= 11 is 0. The van der Waals surface area contributed by atoms with Gasteiger partial charge in [0.1, 0.15) is 11.5 Å². The van der Waals surface area contributed by atoms with Gasteiger partial charge in [-0.15, -0.1) is 0 Å². The summed E-state index contributed by atoms with van der Waals surface area (Å²) in [6, 6.07) is 9.83. The lowest BCUT2D eigenvalue weighted by molar-refractivity contribution is -0.125. The second kappa shape index (κ2) is 8.62. The molecule has 0 saturated heterocycles. The van der Waals surface area contributed by atoms with Crippen LogP contribution in [0, 0.1) is 11.8 Å². The highest BCUT2D eigenvalue weighted by Gasteiger charge is 2.39. The van der Waals surface area contributed by atoms with Crippen molar-refractivity contribution in [2.45, 2.75) is 18.2 Å². The van der Waals surface area contributed by atoms with Crippen molar-refractivity contribution >= 4 is 33.2 Å². The van der Waals surface area contributed by atoms with E-state index in [-0.39, 0.29) is 34.7 Å². The Morgan fingerprint density at radius 1 is 1.17 bits per heavy atom. The van der Waals surface area contributed by atoms with Gasteiger partial charge in [-0.2, -0.15) is 0 Å². The molecule has 0 aromatic heterocycles. The fraction of sp³-hybridized carbons (Fsp3) is 0.300. The van der Waals surface area contributed by atoms with Crippen molar-refractivity contribution in [1.29, 1.82) is 0 Å². The number of sulfonamides is 1. The molecule has 30 heavy (non-hydrogen) atoms. The predicted octanol–water partition coefficient (Wildman–Crippen LogP) is 1.91. The zero-order chi connectivity index (χ0) is 21.9. The first kappa shape index (κ1) is 21.4. The van der Waals surface area contributed by atoms with Gasteiger partial charge >= 0.3 is 0 Å². The third kappa shape index (κ3) is 5.20. The van der Waals surface area contributed by atoms with E-state index in [1.54, 1.807) is 24.3 Å². The van der Waals surface area contributed by atoms with Gasteiger partial charge in [0.2, 0.25) is 11.8 Å². The van der Waals surface area contributed by atoms with Crippen molar-refractivity contribution in [3.8, 4) is 11.5 Å². The number of ether oxygens (including phenoxy) is 1. The van der Waals surface area contributed by atoms with Gasteiger partial charge in [-0.05, 0) is 54.8 Å². The van der Waals surface area contributed by atoms with Gasteiger partial charge in [-0.3, -0.25) is 14.3 Å². The Labute approximate surface area is 174 Å². The minimum Gasteiger partial charge on any atom is -0.506 e. The fourth-order valence-electron chi connectivity index (χ4n) is 2.84. The monoisotopic (exact) mass is 433 g/mol.